The molecule has 3 heterocycles. The Morgan fingerprint density at radius 1 is 0.970 bits per heavy atom. The topological polar surface area (TPSA) is 92.5 Å². The van der Waals surface area contributed by atoms with Gasteiger partial charge in [0.05, 0.1) is 38.5 Å². The van der Waals surface area contributed by atoms with E-state index in [2.05, 4.69) is 30.5 Å². The summed E-state index contributed by atoms with van der Waals surface area (Å²) >= 11 is 12.5. The van der Waals surface area contributed by atoms with Crippen LogP contribution in [0, 0.1) is 0 Å². The van der Waals surface area contributed by atoms with Crippen LogP contribution in [-0.2, 0) is 6.18 Å². The van der Waals surface area contributed by atoms with Crippen LogP contribution in [0.2, 0.25) is 10.0 Å². The van der Waals surface area contributed by atoms with Gasteiger partial charge in [-0.3, -0.25) is 0 Å². The van der Waals surface area contributed by atoms with Gasteiger partial charge in [0.1, 0.15) is 11.5 Å². The van der Waals surface area contributed by atoms with E-state index >= 15 is 0 Å². The molecule has 0 saturated heterocycles. The van der Waals surface area contributed by atoms with Crippen molar-refractivity contribution in [1.29, 1.82) is 0 Å². The molecule has 0 aliphatic heterocycles. The third kappa shape index (κ3) is 4.22. The molecule has 33 heavy (non-hydrogen) atoms. The molecule has 5 rings (SSSR count). The molecular weight excluding hydrogens is 480 g/mol. The maximum atomic E-state index is 12.6. The summed E-state index contributed by atoms with van der Waals surface area (Å²) in [6.07, 6.45) is -3.48. The van der Waals surface area contributed by atoms with E-state index in [1.807, 2.05) is 0 Å². The highest BCUT2D eigenvalue weighted by molar-refractivity contribution is 6.39. The van der Waals surface area contributed by atoms with E-state index in [0.717, 1.165) is 12.3 Å². The summed E-state index contributed by atoms with van der Waals surface area (Å²) in [5, 5.41) is 11.5. The Hall–Kier alpha value is -3.63. The van der Waals surface area contributed by atoms with Crippen LogP contribution in [0.25, 0.3) is 33.9 Å². The minimum Gasteiger partial charge on any atom is -0.403 e. The van der Waals surface area contributed by atoms with Gasteiger partial charge in [0, 0.05) is 5.56 Å². The van der Waals surface area contributed by atoms with E-state index in [1.165, 1.54) is 6.07 Å². The van der Waals surface area contributed by atoms with Crippen LogP contribution < -0.4 is 5.32 Å². The zero-order valence-corrected chi connectivity index (χ0v) is 17.8. The molecule has 12 heteroatoms. The quantitative estimate of drug-likeness (QED) is 0.289. The maximum Gasteiger partial charge on any atom is 0.433 e. The number of hydrogen-bond donors (Lipinski definition) is 2. The van der Waals surface area contributed by atoms with Crippen molar-refractivity contribution in [2.45, 2.75) is 6.18 Å². The van der Waals surface area contributed by atoms with Gasteiger partial charge < -0.3 is 14.7 Å². The molecule has 166 valence electrons. The van der Waals surface area contributed by atoms with E-state index < -0.39 is 11.9 Å². The predicted octanol–water partition coefficient (Wildman–Crippen LogP) is 6.74. The second kappa shape index (κ2) is 8.05. The van der Waals surface area contributed by atoms with Crippen molar-refractivity contribution in [2.24, 2.45) is 0 Å². The van der Waals surface area contributed by atoms with Gasteiger partial charge in [0.2, 0.25) is 5.89 Å². The Labute approximate surface area is 193 Å². The molecule has 0 aliphatic carbocycles. The van der Waals surface area contributed by atoms with Crippen molar-refractivity contribution in [3.8, 4) is 22.8 Å². The molecule has 0 spiro atoms. The van der Waals surface area contributed by atoms with Crippen LogP contribution in [0.5, 0.6) is 0 Å². The fourth-order valence-corrected chi connectivity index (χ4v) is 3.71. The smallest absolute Gasteiger partial charge is 0.403 e. The number of pyridine rings is 1. The van der Waals surface area contributed by atoms with E-state index in [0.29, 0.717) is 38.0 Å². The van der Waals surface area contributed by atoms with Gasteiger partial charge in [-0.05, 0) is 42.5 Å². The Balaban J connectivity index is 1.40. The number of rotatable bonds is 4. The lowest BCUT2D eigenvalue weighted by Gasteiger charge is -2.06. The largest absolute Gasteiger partial charge is 0.433 e. The number of imidazole rings is 1. The summed E-state index contributed by atoms with van der Waals surface area (Å²) in [5.74, 6) is 0.714. The molecular formula is C21H11Cl2F3N6O. The Kier molecular flexibility index (Phi) is 5.18. The van der Waals surface area contributed by atoms with Crippen molar-refractivity contribution >= 4 is 45.9 Å². The highest BCUT2D eigenvalue weighted by atomic mass is 35.5. The van der Waals surface area contributed by atoms with Gasteiger partial charge in [-0.2, -0.15) is 13.2 Å². The van der Waals surface area contributed by atoms with Crippen molar-refractivity contribution in [2.75, 3.05) is 5.32 Å². The Morgan fingerprint density at radius 3 is 2.45 bits per heavy atom. The number of hydrogen-bond acceptors (Lipinski definition) is 6. The summed E-state index contributed by atoms with van der Waals surface area (Å²) in [7, 11) is 0. The normalized spacial score (nSPS) is 11.8. The minimum absolute atomic E-state index is 0.000181. The van der Waals surface area contributed by atoms with E-state index in [-0.39, 0.29) is 17.6 Å². The van der Waals surface area contributed by atoms with Crippen LogP contribution in [0.3, 0.4) is 0 Å². The van der Waals surface area contributed by atoms with Gasteiger partial charge in [-0.1, -0.05) is 34.4 Å². The van der Waals surface area contributed by atoms with Gasteiger partial charge >= 0.3 is 12.2 Å². The number of fused-ring (bicyclic) bond motifs is 1. The first-order chi connectivity index (χ1) is 15.8. The SMILES string of the molecule is FC(F)(F)c1ccc(Nc2nnc(-c3ccc4nc(-c5c(Cl)cccc5Cl)[nH]c4c3)o2)cn1. The summed E-state index contributed by atoms with van der Waals surface area (Å²) in [5.41, 5.74) is 1.84. The van der Waals surface area contributed by atoms with E-state index in [9.17, 15) is 13.2 Å². The summed E-state index contributed by atoms with van der Waals surface area (Å²) in [6.45, 7) is 0. The molecule has 0 unspecified atom stereocenters. The molecule has 5 aromatic rings. The molecule has 0 bridgehead atoms. The molecule has 7 nitrogen and oxygen atoms in total. The molecule has 2 N–H and O–H groups in total. The number of nitrogens with one attached hydrogen (secondary N) is 2. The fourth-order valence-electron chi connectivity index (χ4n) is 3.13. The third-order valence-corrected chi connectivity index (χ3v) is 5.29. The average Bonchev–Trinajstić information content (AvgIpc) is 3.39. The van der Waals surface area contributed by atoms with Gasteiger partial charge in [-0.25, -0.2) is 9.97 Å². The highest BCUT2D eigenvalue weighted by Crippen LogP contribution is 2.35. The molecule has 0 amide bonds. The number of H-pyrrole nitrogens is 1. The molecule has 0 saturated carbocycles. The lowest BCUT2D eigenvalue weighted by Crippen LogP contribution is -2.07. The molecule has 0 fully saturated rings. The first kappa shape index (κ1) is 21.2. The monoisotopic (exact) mass is 490 g/mol. The van der Waals surface area contributed by atoms with Crippen LogP contribution in [-0.4, -0.2) is 25.1 Å². The zero-order valence-electron chi connectivity index (χ0n) is 16.3. The van der Waals surface area contributed by atoms with Gasteiger partial charge in [0.25, 0.3) is 0 Å². The number of halogens is 5. The van der Waals surface area contributed by atoms with Crippen LogP contribution in [0.15, 0.2) is 59.1 Å². The van der Waals surface area contributed by atoms with Crippen LogP contribution in [0.1, 0.15) is 5.69 Å². The first-order valence-corrected chi connectivity index (χ1v) is 10.1. The van der Waals surface area contributed by atoms with Gasteiger partial charge in [-0.15, -0.1) is 5.10 Å². The van der Waals surface area contributed by atoms with Crippen LogP contribution in [0.4, 0.5) is 24.9 Å². The average molecular weight is 491 g/mol. The van der Waals surface area contributed by atoms with E-state index in [4.69, 9.17) is 27.6 Å². The summed E-state index contributed by atoms with van der Waals surface area (Å²) in [6, 6.07) is 12.6. The number of benzene rings is 2. The summed E-state index contributed by atoms with van der Waals surface area (Å²) < 4.78 is 43.5. The minimum atomic E-state index is -4.52. The second-order valence-corrected chi connectivity index (χ2v) is 7.70. The van der Waals surface area contributed by atoms with Crippen molar-refractivity contribution in [3.05, 3.63) is 70.5 Å². The number of alkyl halides is 3. The molecule has 0 radical (unpaired) electrons. The Morgan fingerprint density at radius 2 is 1.76 bits per heavy atom. The van der Waals surface area contributed by atoms with Crippen molar-refractivity contribution in [1.82, 2.24) is 25.1 Å². The van der Waals surface area contributed by atoms with E-state index in [1.54, 1.807) is 36.4 Å². The van der Waals surface area contributed by atoms with Crippen molar-refractivity contribution in [3.63, 3.8) is 0 Å². The second-order valence-electron chi connectivity index (χ2n) is 6.88. The summed E-state index contributed by atoms with van der Waals surface area (Å²) in [4.78, 5) is 11.1. The number of aromatic nitrogens is 5. The molecule has 2 aromatic carbocycles. The first-order valence-electron chi connectivity index (χ1n) is 9.36. The lowest BCUT2D eigenvalue weighted by molar-refractivity contribution is -0.141. The predicted molar refractivity (Wildman–Crippen MR) is 117 cm³/mol. The number of nitrogens with zero attached hydrogens (tertiary/aromatic N) is 4. The standard InChI is InChI=1S/C21H11Cl2F3N6O/c22-12-2-1-3-13(23)17(12)18-29-14-6-4-10(8-15(14)30-18)19-31-32-20(33-19)28-11-5-7-16(27-9-11)21(24,25)26/h1-9H,(H,28,32)(H,29,30). The third-order valence-electron chi connectivity index (χ3n) is 4.66. The van der Waals surface area contributed by atoms with Gasteiger partial charge in [0.15, 0.2) is 0 Å². The number of anilines is 2. The lowest BCUT2D eigenvalue weighted by atomic mass is 10.2. The molecule has 0 atom stereocenters. The highest BCUT2D eigenvalue weighted by Gasteiger charge is 2.32. The molecule has 0 aliphatic rings. The molecule has 3 aromatic heterocycles. The maximum absolute atomic E-state index is 12.6. The fraction of sp³-hybridized carbons (Fsp3) is 0.0476. The Bertz CT molecular complexity index is 1440. The van der Waals surface area contributed by atoms with Crippen molar-refractivity contribution < 1.29 is 17.6 Å². The zero-order chi connectivity index (χ0) is 23.2. The van der Waals surface area contributed by atoms with Crippen LogP contribution >= 0.6 is 23.2 Å². The number of aromatic amines is 1.